The molecule has 1 aromatic heterocycles. The number of esters is 1. The largest absolute Gasteiger partial charge is 0.464 e. The number of carbonyl (C=O) groups is 1. The number of ether oxygens (including phenoxy) is 1. The maximum Gasteiger partial charge on any atom is 0.416 e. The monoisotopic (exact) mass is 373 g/mol. The molecule has 1 heterocycles. The number of halogens is 5. The van der Waals surface area contributed by atoms with Crippen molar-refractivity contribution < 1.29 is 22.7 Å². The Labute approximate surface area is 145 Å². The highest BCUT2D eigenvalue weighted by Crippen LogP contribution is 2.38. The van der Waals surface area contributed by atoms with Crippen molar-refractivity contribution in [1.82, 2.24) is 4.98 Å². The molecule has 0 radical (unpaired) electrons. The SMILES string of the molecule is C#Cc1cc(C(F)(F)F)cc(Cl)c1-c1ccc(Cl)c(C(=O)OC)n1. The second kappa shape index (κ2) is 6.71. The molecule has 0 aliphatic rings. The van der Waals surface area contributed by atoms with Gasteiger partial charge in [-0.3, -0.25) is 0 Å². The molecule has 0 spiro atoms. The van der Waals surface area contributed by atoms with Crippen LogP contribution < -0.4 is 0 Å². The van der Waals surface area contributed by atoms with Crippen molar-refractivity contribution in [2.24, 2.45) is 0 Å². The molecule has 0 amide bonds. The lowest BCUT2D eigenvalue weighted by atomic mass is 10.0. The van der Waals surface area contributed by atoms with E-state index in [1.807, 2.05) is 0 Å². The smallest absolute Gasteiger partial charge is 0.416 e. The highest BCUT2D eigenvalue weighted by Gasteiger charge is 2.32. The van der Waals surface area contributed by atoms with Gasteiger partial charge in [-0.2, -0.15) is 13.2 Å². The Kier molecular flexibility index (Phi) is 5.07. The Morgan fingerprint density at radius 2 is 1.92 bits per heavy atom. The molecule has 0 bridgehead atoms. The maximum absolute atomic E-state index is 12.9. The lowest BCUT2D eigenvalue weighted by molar-refractivity contribution is -0.137. The quantitative estimate of drug-likeness (QED) is 0.558. The highest BCUT2D eigenvalue weighted by atomic mass is 35.5. The van der Waals surface area contributed by atoms with Crippen LogP contribution >= 0.6 is 23.2 Å². The second-order valence-corrected chi connectivity index (χ2v) is 5.36. The summed E-state index contributed by atoms with van der Waals surface area (Å²) in [5.74, 6) is 1.35. The van der Waals surface area contributed by atoms with Gasteiger partial charge in [0.25, 0.3) is 0 Å². The normalized spacial score (nSPS) is 11.0. The van der Waals surface area contributed by atoms with Gasteiger partial charge in [-0.25, -0.2) is 9.78 Å². The minimum Gasteiger partial charge on any atom is -0.464 e. The summed E-state index contributed by atoms with van der Waals surface area (Å²) in [5.41, 5.74) is -1.09. The molecule has 2 rings (SSSR count). The molecule has 0 unspecified atom stereocenters. The van der Waals surface area contributed by atoms with Crippen LogP contribution in [0.4, 0.5) is 13.2 Å². The predicted molar refractivity (Wildman–Crippen MR) is 84.0 cm³/mol. The van der Waals surface area contributed by atoms with Gasteiger partial charge in [0.05, 0.1) is 28.4 Å². The van der Waals surface area contributed by atoms with Crippen LogP contribution in [0, 0.1) is 12.3 Å². The van der Waals surface area contributed by atoms with E-state index in [0.717, 1.165) is 19.2 Å². The van der Waals surface area contributed by atoms with Gasteiger partial charge < -0.3 is 4.74 Å². The van der Waals surface area contributed by atoms with Gasteiger partial charge in [0, 0.05) is 11.1 Å². The fourth-order valence-corrected chi connectivity index (χ4v) is 2.46. The number of terminal acetylenes is 1. The van der Waals surface area contributed by atoms with Gasteiger partial charge in [-0.15, -0.1) is 6.42 Å². The van der Waals surface area contributed by atoms with Crippen LogP contribution in [-0.4, -0.2) is 18.1 Å². The first-order chi connectivity index (χ1) is 11.2. The van der Waals surface area contributed by atoms with Crippen LogP contribution in [0.1, 0.15) is 21.6 Å². The van der Waals surface area contributed by atoms with Gasteiger partial charge >= 0.3 is 12.1 Å². The highest BCUT2D eigenvalue weighted by molar-refractivity contribution is 6.34. The van der Waals surface area contributed by atoms with Gasteiger partial charge in [-0.1, -0.05) is 29.1 Å². The number of hydrogen-bond acceptors (Lipinski definition) is 3. The molecule has 0 saturated carbocycles. The zero-order valence-corrected chi connectivity index (χ0v) is 13.6. The summed E-state index contributed by atoms with van der Waals surface area (Å²) in [6.45, 7) is 0. The summed E-state index contributed by atoms with van der Waals surface area (Å²) in [4.78, 5) is 15.7. The fraction of sp³-hybridized carbons (Fsp3) is 0.125. The molecular weight excluding hydrogens is 366 g/mol. The van der Waals surface area contributed by atoms with Crippen molar-refractivity contribution >= 4 is 29.2 Å². The number of hydrogen-bond donors (Lipinski definition) is 0. The summed E-state index contributed by atoms with van der Waals surface area (Å²) >= 11 is 11.8. The Morgan fingerprint density at radius 3 is 2.46 bits per heavy atom. The van der Waals surface area contributed by atoms with Crippen molar-refractivity contribution in [3.63, 3.8) is 0 Å². The van der Waals surface area contributed by atoms with Crippen LogP contribution in [0.15, 0.2) is 24.3 Å². The lowest BCUT2D eigenvalue weighted by Crippen LogP contribution is -2.08. The summed E-state index contributed by atoms with van der Waals surface area (Å²) < 4.78 is 43.1. The third-order valence-corrected chi connectivity index (χ3v) is 3.66. The van der Waals surface area contributed by atoms with Crippen molar-refractivity contribution in [3.05, 3.63) is 51.1 Å². The molecule has 24 heavy (non-hydrogen) atoms. The maximum atomic E-state index is 12.9. The van der Waals surface area contributed by atoms with Gasteiger partial charge in [0.15, 0.2) is 5.69 Å². The number of carbonyl (C=O) groups excluding carboxylic acids is 1. The van der Waals surface area contributed by atoms with E-state index in [1.54, 1.807) is 0 Å². The minimum atomic E-state index is -4.60. The predicted octanol–water partition coefficient (Wildman–Crippen LogP) is 4.84. The number of methoxy groups -OCH3 is 1. The van der Waals surface area contributed by atoms with Crippen molar-refractivity contribution in [1.29, 1.82) is 0 Å². The Balaban J connectivity index is 2.70. The first-order valence-corrected chi connectivity index (χ1v) is 7.07. The summed E-state index contributed by atoms with van der Waals surface area (Å²) in [5, 5.41) is -0.223. The van der Waals surface area contributed by atoms with E-state index in [1.165, 1.54) is 12.1 Å². The van der Waals surface area contributed by atoms with Crippen LogP contribution in [0.5, 0.6) is 0 Å². The lowest BCUT2D eigenvalue weighted by Gasteiger charge is -2.13. The Morgan fingerprint density at radius 1 is 1.25 bits per heavy atom. The van der Waals surface area contributed by atoms with Crippen LogP contribution in [0.3, 0.4) is 0 Å². The van der Waals surface area contributed by atoms with Gasteiger partial charge in [-0.05, 0) is 24.3 Å². The number of nitrogens with zero attached hydrogens (tertiary/aromatic N) is 1. The molecule has 3 nitrogen and oxygen atoms in total. The van der Waals surface area contributed by atoms with Crippen molar-refractivity contribution in [3.8, 4) is 23.6 Å². The number of aromatic nitrogens is 1. The average Bonchev–Trinajstić information content (AvgIpc) is 2.53. The summed E-state index contributed by atoms with van der Waals surface area (Å²) in [6.07, 6.45) is 0.703. The molecular formula is C16H8Cl2F3NO2. The zero-order valence-electron chi connectivity index (χ0n) is 12.0. The van der Waals surface area contributed by atoms with Crippen LogP contribution in [-0.2, 0) is 10.9 Å². The Bertz CT molecular complexity index is 858. The number of pyridine rings is 1. The first-order valence-electron chi connectivity index (χ1n) is 6.31. The summed E-state index contributed by atoms with van der Waals surface area (Å²) in [6, 6.07) is 4.27. The number of alkyl halides is 3. The third-order valence-electron chi connectivity index (χ3n) is 3.05. The fourth-order valence-electron chi connectivity index (χ4n) is 1.97. The molecule has 1 aromatic carbocycles. The van der Waals surface area contributed by atoms with Gasteiger partial charge in [0.1, 0.15) is 0 Å². The van der Waals surface area contributed by atoms with Crippen LogP contribution in [0.25, 0.3) is 11.3 Å². The van der Waals surface area contributed by atoms with E-state index in [0.29, 0.717) is 0 Å². The number of benzene rings is 1. The van der Waals surface area contributed by atoms with E-state index in [4.69, 9.17) is 29.6 Å². The number of rotatable bonds is 2. The molecule has 8 heteroatoms. The third kappa shape index (κ3) is 3.48. The van der Waals surface area contributed by atoms with E-state index in [9.17, 15) is 18.0 Å². The zero-order chi connectivity index (χ0) is 18.1. The van der Waals surface area contributed by atoms with Gasteiger partial charge in [0.2, 0.25) is 0 Å². The van der Waals surface area contributed by atoms with E-state index in [-0.39, 0.29) is 32.6 Å². The minimum absolute atomic E-state index is 0.0240. The molecule has 0 N–H and O–H groups in total. The Hall–Kier alpha value is -2.23. The van der Waals surface area contributed by atoms with E-state index < -0.39 is 17.7 Å². The second-order valence-electron chi connectivity index (χ2n) is 4.54. The molecule has 0 aliphatic heterocycles. The average molecular weight is 374 g/mol. The molecule has 2 aromatic rings. The summed E-state index contributed by atoms with van der Waals surface area (Å²) in [7, 11) is 1.14. The molecule has 124 valence electrons. The molecule has 0 aliphatic carbocycles. The molecule has 0 saturated heterocycles. The van der Waals surface area contributed by atoms with E-state index in [2.05, 4.69) is 15.6 Å². The van der Waals surface area contributed by atoms with Crippen LogP contribution in [0.2, 0.25) is 10.0 Å². The molecule has 0 fully saturated rings. The first kappa shape index (κ1) is 18.1. The standard InChI is InChI=1S/C16H8Cl2F3NO2/c1-3-8-6-9(16(19,20)21)7-11(18)13(8)12-5-4-10(17)14(22-12)15(23)24-2/h1,4-7H,2H3. The van der Waals surface area contributed by atoms with Crippen molar-refractivity contribution in [2.45, 2.75) is 6.18 Å². The van der Waals surface area contributed by atoms with E-state index >= 15 is 0 Å². The van der Waals surface area contributed by atoms with Crippen molar-refractivity contribution in [2.75, 3.05) is 7.11 Å². The topological polar surface area (TPSA) is 39.2 Å². The molecule has 0 atom stereocenters.